The molecule has 1 fully saturated rings. The molecule has 1 aliphatic carbocycles. The number of methoxy groups -OCH3 is 1. The van der Waals surface area contributed by atoms with Gasteiger partial charge in [0.2, 0.25) is 0 Å². The van der Waals surface area contributed by atoms with Crippen molar-refractivity contribution in [1.82, 2.24) is 0 Å². The topological polar surface area (TPSA) is 35.2 Å². The lowest BCUT2D eigenvalue weighted by molar-refractivity contribution is 0.407. The largest absolute Gasteiger partial charge is 0.496 e. The highest BCUT2D eigenvalue weighted by molar-refractivity contribution is 7.99. The van der Waals surface area contributed by atoms with Crippen LogP contribution >= 0.6 is 11.8 Å². The molecule has 1 atom stereocenters. The van der Waals surface area contributed by atoms with E-state index >= 15 is 0 Å². The Kier molecular flexibility index (Phi) is 4.95. The van der Waals surface area contributed by atoms with Gasteiger partial charge in [-0.05, 0) is 25.8 Å². The Morgan fingerprint density at radius 2 is 2.11 bits per heavy atom. The first kappa shape index (κ1) is 13.8. The highest BCUT2D eigenvalue weighted by Crippen LogP contribution is 2.33. The van der Waals surface area contributed by atoms with Gasteiger partial charge in [0.25, 0.3) is 0 Å². The summed E-state index contributed by atoms with van der Waals surface area (Å²) in [7, 11) is 1.71. The van der Waals surface area contributed by atoms with E-state index in [4.69, 9.17) is 10.5 Å². The standard InChI is InChI=1S/C15H23NOS/c1-11-7-8-15(17-2)13(9-11)14(16)10-18-12-5-3-4-6-12/h7-9,12,14H,3-6,10,16H2,1-2H3. The molecule has 100 valence electrons. The number of ether oxygens (including phenoxy) is 1. The maximum Gasteiger partial charge on any atom is 0.123 e. The number of benzene rings is 1. The van der Waals surface area contributed by atoms with Gasteiger partial charge in [-0.15, -0.1) is 0 Å². The zero-order valence-corrected chi connectivity index (χ0v) is 12.1. The van der Waals surface area contributed by atoms with Crippen LogP contribution in [-0.4, -0.2) is 18.1 Å². The number of aryl methyl sites for hydroxylation is 1. The number of nitrogens with two attached hydrogens (primary N) is 1. The van der Waals surface area contributed by atoms with Crippen LogP contribution in [0.15, 0.2) is 18.2 Å². The minimum Gasteiger partial charge on any atom is -0.496 e. The lowest BCUT2D eigenvalue weighted by Gasteiger charge is -2.18. The average Bonchev–Trinajstić information content (AvgIpc) is 2.89. The van der Waals surface area contributed by atoms with Gasteiger partial charge in [-0.2, -0.15) is 11.8 Å². The van der Waals surface area contributed by atoms with Crippen LogP contribution in [0.2, 0.25) is 0 Å². The van der Waals surface area contributed by atoms with Gasteiger partial charge in [0.1, 0.15) is 5.75 Å². The van der Waals surface area contributed by atoms with Crippen molar-refractivity contribution in [3.8, 4) is 5.75 Å². The number of hydrogen-bond acceptors (Lipinski definition) is 3. The summed E-state index contributed by atoms with van der Waals surface area (Å²) in [5.74, 6) is 1.91. The fourth-order valence-corrected chi connectivity index (χ4v) is 3.85. The number of rotatable bonds is 5. The van der Waals surface area contributed by atoms with Crippen LogP contribution in [0.4, 0.5) is 0 Å². The minimum absolute atomic E-state index is 0.0745. The van der Waals surface area contributed by atoms with E-state index in [0.29, 0.717) is 0 Å². The minimum atomic E-state index is 0.0745. The monoisotopic (exact) mass is 265 g/mol. The summed E-state index contributed by atoms with van der Waals surface area (Å²) in [6, 6.07) is 6.31. The summed E-state index contributed by atoms with van der Waals surface area (Å²) >= 11 is 2.03. The third-order valence-electron chi connectivity index (χ3n) is 3.60. The van der Waals surface area contributed by atoms with E-state index in [0.717, 1.165) is 22.3 Å². The van der Waals surface area contributed by atoms with Crippen LogP contribution in [0.25, 0.3) is 0 Å². The van der Waals surface area contributed by atoms with Gasteiger partial charge in [0.05, 0.1) is 7.11 Å². The van der Waals surface area contributed by atoms with E-state index < -0.39 is 0 Å². The summed E-state index contributed by atoms with van der Waals surface area (Å²) in [6.07, 6.45) is 5.51. The van der Waals surface area contributed by atoms with Crippen LogP contribution in [-0.2, 0) is 0 Å². The van der Waals surface area contributed by atoms with Gasteiger partial charge in [0.15, 0.2) is 0 Å². The molecule has 0 bridgehead atoms. The van der Waals surface area contributed by atoms with Gasteiger partial charge >= 0.3 is 0 Å². The van der Waals surface area contributed by atoms with Crippen molar-refractivity contribution >= 4 is 11.8 Å². The maximum atomic E-state index is 6.32. The number of thioether (sulfide) groups is 1. The zero-order valence-electron chi connectivity index (χ0n) is 11.3. The Morgan fingerprint density at radius 3 is 2.78 bits per heavy atom. The quantitative estimate of drug-likeness (QED) is 0.882. The predicted molar refractivity (Wildman–Crippen MR) is 79.4 cm³/mol. The van der Waals surface area contributed by atoms with E-state index in [2.05, 4.69) is 19.1 Å². The lowest BCUT2D eigenvalue weighted by Crippen LogP contribution is -2.16. The molecule has 2 nitrogen and oxygen atoms in total. The van der Waals surface area contributed by atoms with Gasteiger partial charge in [-0.1, -0.05) is 30.5 Å². The molecule has 18 heavy (non-hydrogen) atoms. The van der Waals surface area contributed by atoms with E-state index in [1.165, 1.54) is 31.2 Å². The molecule has 1 aromatic carbocycles. The van der Waals surface area contributed by atoms with Crippen molar-refractivity contribution in [2.24, 2.45) is 5.73 Å². The van der Waals surface area contributed by atoms with Crippen LogP contribution in [0.1, 0.15) is 42.9 Å². The SMILES string of the molecule is COc1ccc(C)cc1C(N)CSC1CCCC1. The van der Waals surface area contributed by atoms with Gasteiger partial charge in [-0.25, -0.2) is 0 Å². The third kappa shape index (κ3) is 3.42. The summed E-state index contributed by atoms with van der Waals surface area (Å²) < 4.78 is 5.40. The second kappa shape index (κ2) is 6.48. The van der Waals surface area contributed by atoms with Crippen molar-refractivity contribution in [2.75, 3.05) is 12.9 Å². The Labute approximate surface area is 114 Å². The van der Waals surface area contributed by atoms with Crippen molar-refractivity contribution in [3.05, 3.63) is 29.3 Å². The smallest absolute Gasteiger partial charge is 0.123 e. The molecule has 2 N–H and O–H groups in total. The molecule has 3 heteroatoms. The van der Waals surface area contributed by atoms with Crippen molar-refractivity contribution < 1.29 is 4.74 Å². The molecule has 0 saturated heterocycles. The summed E-state index contributed by atoms with van der Waals surface area (Å²) in [5.41, 5.74) is 8.70. The Morgan fingerprint density at radius 1 is 1.39 bits per heavy atom. The van der Waals surface area contributed by atoms with E-state index in [1.54, 1.807) is 7.11 Å². The highest BCUT2D eigenvalue weighted by atomic mass is 32.2. The summed E-state index contributed by atoms with van der Waals surface area (Å²) in [6.45, 7) is 2.10. The van der Waals surface area contributed by atoms with Gasteiger partial charge < -0.3 is 10.5 Å². The predicted octanol–water partition coefficient (Wildman–Crippen LogP) is 3.68. The van der Waals surface area contributed by atoms with Crippen molar-refractivity contribution in [3.63, 3.8) is 0 Å². The third-order valence-corrected chi connectivity index (χ3v) is 5.09. The fraction of sp³-hybridized carbons (Fsp3) is 0.600. The molecule has 0 spiro atoms. The van der Waals surface area contributed by atoms with Crippen molar-refractivity contribution in [2.45, 2.75) is 43.9 Å². The first-order valence-corrected chi connectivity index (χ1v) is 7.77. The van der Waals surface area contributed by atoms with Crippen LogP contribution in [0.5, 0.6) is 5.75 Å². The van der Waals surface area contributed by atoms with Crippen LogP contribution in [0, 0.1) is 6.92 Å². The second-order valence-electron chi connectivity index (χ2n) is 5.09. The van der Waals surface area contributed by atoms with Crippen molar-refractivity contribution in [1.29, 1.82) is 0 Å². The summed E-state index contributed by atoms with van der Waals surface area (Å²) in [5, 5.41) is 0.826. The molecule has 0 heterocycles. The molecular weight excluding hydrogens is 242 g/mol. The molecule has 0 amide bonds. The molecule has 2 rings (SSSR count). The molecule has 0 aliphatic heterocycles. The normalized spacial score (nSPS) is 17.9. The first-order valence-electron chi connectivity index (χ1n) is 6.72. The molecule has 1 aromatic rings. The van der Waals surface area contributed by atoms with Crippen LogP contribution in [0.3, 0.4) is 0 Å². The molecule has 0 radical (unpaired) electrons. The van der Waals surface area contributed by atoms with Crippen LogP contribution < -0.4 is 10.5 Å². The van der Waals surface area contributed by atoms with Gasteiger partial charge in [0, 0.05) is 22.6 Å². The summed E-state index contributed by atoms with van der Waals surface area (Å²) in [4.78, 5) is 0. The zero-order chi connectivity index (χ0) is 13.0. The van der Waals surface area contributed by atoms with E-state index in [-0.39, 0.29) is 6.04 Å². The lowest BCUT2D eigenvalue weighted by atomic mass is 10.1. The maximum absolute atomic E-state index is 6.32. The molecule has 1 unspecified atom stereocenters. The second-order valence-corrected chi connectivity index (χ2v) is 6.43. The average molecular weight is 265 g/mol. The van der Waals surface area contributed by atoms with E-state index in [1.807, 2.05) is 17.8 Å². The molecule has 0 aromatic heterocycles. The fourth-order valence-electron chi connectivity index (χ4n) is 2.53. The molecule has 1 saturated carbocycles. The molecule has 1 aliphatic rings. The Bertz CT molecular complexity index is 388. The molecular formula is C15H23NOS. The Hall–Kier alpha value is -0.670. The van der Waals surface area contributed by atoms with Gasteiger partial charge in [-0.3, -0.25) is 0 Å². The van der Waals surface area contributed by atoms with E-state index in [9.17, 15) is 0 Å². The Balaban J connectivity index is 1.98. The number of hydrogen-bond donors (Lipinski definition) is 1. The highest BCUT2D eigenvalue weighted by Gasteiger charge is 2.18. The first-order chi connectivity index (χ1) is 8.70.